The van der Waals surface area contributed by atoms with Crippen LogP contribution in [0.5, 0.6) is 11.5 Å². The number of nitrogens with one attached hydrogen (secondary N) is 1. The van der Waals surface area contributed by atoms with Crippen LogP contribution in [-0.2, 0) is 0 Å². The molecular formula is C18H31IN4O2. The summed E-state index contributed by atoms with van der Waals surface area (Å²) in [7, 11) is 0. The van der Waals surface area contributed by atoms with Crippen LogP contribution in [-0.4, -0.2) is 50.3 Å². The van der Waals surface area contributed by atoms with Gasteiger partial charge in [-0.3, -0.25) is 4.99 Å². The number of anilines is 1. The summed E-state index contributed by atoms with van der Waals surface area (Å²) in [6.45, 7) is 9.39. The van der Waals surface area contributed by atoms with Crippen molar-refractivity contribution in [1.29, 1.82) is 0 Å². The van der Waals surface area contributed by atoms with Gasteiger partial charge in [0.2, 0.25) is 0 Å². The molecule has 2 rings (SSSR count). The number of likely N-dealkylation sites (tertiary alicyclic amines) is 1. The van der Waals surface area contributed by atoms with Gasteiger partial charge >= 0.3 is 0 Å². The zero-order chi connectivity index (χ0) is 17.2. The molecule has 1 saturated heterocycles. The van der Waals surface area contributed by atoms with Gasteiger partial charge in [-0.1, -0.05) is 0 Å². The van der Waals surface area contributed by atoms with Crippen LogP contribution in [0.15, 0.2) is 23.2 Å². The van der Waals surface area contributed by atoms with E-state index in [9.17, 15) is 0 Å². The lowest BCUT2D eigenvalue weighted by Crippen LogP contribution is -2.24. The average Bonchev–Trinajstić information content (AvgIpc) is 3.08. The molecule has 1 aliphatic heterocycles. The molecule has 1 heterocycles. The molecule has 0 atom stereocenters. The van der Waals surface area contributed by atoms with Crippen molar-refractivity contribution in [2.75, 3.05) is 44.7 Å². The maximum Gasteiger partial charge on any atom is 0.193 e. The number of ether oxygens (including phenoxy) is 2. The first-order valence-electron chi connectivity index (χ1n) is 8.92. The third-order valence-corrected chi connectivity index (χ3v) is 3.94. The SMILES string of the molecule is CCOc1ccc(OCC)c(NC(N)=NCCCN2CCCC2)c1.I. The molecule has 0 unspecified atom stereocenters. The highest BCUT2D eigenvalue weighted by Gasteiger charge is 2.10. The minimum absolute atomic E-state index is 0. The van der Waals surface area contributed by atoms with Crippen LogP contribution in [0.4, 0.5) is 5.69 Å². The molecule has 0 spiro atoms. The normalized spacial score (nSPS) is 14.9. The van der Waals surface area contributed by atoms with Crippen molar-refractivity contribution in [1.82, 2.24) is 4.90 Å². The van der Waals surface area contributed by atoms with E-state index in [2.05, 4.69) is 15.2 Å². The van der Waals surface area contributed by atoms with E-state index in [1.54, 1.807) is 0 Å². The average molecular weight is 462 g/mol. The molecule has 3 N–H and O–H groups in total. The summed E-state index contributed by atoms with van der Waals surface area (Å²) in [5.74, 6) is 1.94. The molecule has 0 amide bonds. The molecule has 0 bridgehead atoms. The van der Waals surface area contributed by atoms with Crippen LogP contribution < -0.4 is 20.5 Å². The molecule has 6 nitrogen and oxygen atoms in total. The Kier molecular flexibility index (Phi) is 10.6. The number of rotatable bonds is 9. The number of aliphatic imine (C=N–C) groups is 1. The van der Waals surface area contributed by atoms with Gasteiger partial charge in [-0.05, 0) is 64.9 Å². The second-order valence-corrected chi connectivity index (χ2v) is 5.82. The van der Waals surface area contributed by atoms with Crippen molar-refractivity contribution in [3.8, 4) is 11.5 Å². The Hall–Kier alpha value is -1.22. The second kappa shape index (κ2) is 12.2. The van der Waals surface area contributed by atoms with Gasteiger partial charge in [0.15, 0.2) is 5.96 Å². The molecule has 0 aliphatic carbocycles. The van der Waals surface area contributed by atoms with Gasteiger partial charge in [0, 0.05) is 12.6 Å². The molecule has 7 heteroatoms. The fraction of sp³-hybridized carbons (Fsp3) is 0.611. The number of guanidine groups is 1. The van der Waals surface area contributed by atoms with E-state index in [-0.39, 0.29) is 24.0 Å². The molecule has 1 aromatic rings. The Morgan fingerprint density at radius 1 is 1.20 bits per heavy atom. The third kappa shape index (κ3) is 7.68. The quantitative estimate of drug-likeness (QED) is 0.255. The van der Waals surface area contributed by atoms with E-state index >= 15 is 0 Å². The summed E-state index contributed by atoms with van der Waals surface area (Å²) in [6, 6.07) is 5.67. The van der Waals surface area contributed by atoms with Crippen LogP contribution in [0.1, 0.15) is 33.1 Å². The first-order chi connectivity index (χ1) is 11.7. The molecule has 25 heavy (non-hydrogen) atoms. The molecular weight excluding hydrogens is 431 g/mol. The van der Waals surface area contributed by atoms with Gasteiger partial charge < -0.3 is 25.4 Å². The highest BCUT2D eigenvalue weighted by atomic mass is 127. The first-order valence-corrected chi connectivity index (χ1v) is 8.92. The zero-order valence-corrected chi connectivity index (χ0v) is 17.6. The van der Waals surface area contributed by atoms with E-state index in [4.69, 9.17) is 15.2 Å². The smallest absolute Gasteiger partial charge is 0.193 e. The number of hydrogen-bond acceptors (Lipinski definition) is 4. The fourth-order valence-electron chi connectivity index (χ4n) is 2.82. The fourth-order valence-corrected chi connectivity index (χ4v) is 2.82. The van der Waals surface area contributed by atoms with E-state index in [0.717, 1.165) is 36.7 Å². The van der Waals surface area contributed by atoms with Crippen LogP contribution in [0, 0.1) is 0 Å². The van der Waals surface area contributed by atoms with Gasteiger partial charge in [0.1, 0.15) is 11.5 Å². The van der Waals surface area contributed by atoms with Gasteiger partial charge in [0.25, 0.3) is 0 Å². The van der Waals surface area contributed by atoms with Crippen molar-refractivity contribution < 1.29 is 9.47 Å². The van der Waals surface area contributed by atoms with E-state index in [0.29, 0.717) is 19.2 Å². The zero-order valence-electron chi connectivity index (χ0n) is 15.3. The Bertz CT molecular complexity index is 534. The predicted octanol–water partition coefficient (Wildman–Crippen LogP) is 3.31. The van der Waals surface area contributed by atoms with Crippen LogP contribution in [0.3, 0.4) is 0 Å². The number of halogens is 1. The van der Waals surface area contributed by atoms with Gasteiger partial charge in [-0.25, -0.2) is 0 Å². The van der Waals surface area contributed by atoms with Gasteiger partial charge in [-0.15, -0.1) is 24.0 Å². The topological polar surface area (TPSA) is 72.1 Å². The van der Waals surface area contributed by atoms with E-state index in [1.165, 1.54) is 25.9 Å². The van der Waals surface area contributed by atoms with Crippen molar-refractivity contribution in [2.45, 2.75) is 33.1 Å². The molecule has 0 saturated carbocycles. The number of hydrogen-bond donors (Lipinski definition) is 2. The predicted molar refractivity (Wildman–Crippen MR) is 115 cm³/mol. The van der Waals surface area contributed by atoms with Gasteiger partial charge in [0.05, 0.1) is 18.9 Å². The largest absolute Gasteiger partial charge is 0.494 e. The van der Waals surface area contributed by atoms with E-state index in [1.807, 2.05) is 32.0 Å². The third-order valence-electron chi connectivity index (χ3n) is 3.94. The van der Waals surface area contributed by atoms with Crippen molar-refractivity contribution in [3.05, 3.63) is 18.2 Å². The minimum Gasteiger partial charge on any atom is -0.494 e. The monoisotopic (exact) mass is 462 g/mol. The maximum absolute atomic E-state index is 6.02. The summed E-state index contributed by atoms with van der Waals surface area (Å²) in [4.78, 5) is 6.90. The van der Waals surface area contributed by atoms with E-state index < -0.39 is 0 Å². The Morgan fingerprint density at radius 3 is 2.60 bits per heavy atom. The molecule has 1 aromatic carbocycles. The van der Waals surface area contributed by atoms with Crippen molar-refractivity contribution in [3.63, 3.8) is 0 Å². The summed E-state index contributed by atoms with van der Waals surface area (Å²) in [5, 5.41) is 3.13. The maximum atomic E-state index is 6.02. The number of nitrogens with zero attached hydrogens (tertiary/aromatic N) is 2. The summed E-state index contributed by atoms with van der Waals surface area (Å²) in [6.07, 6.45) is 3.67. The summed E-state index contributed by atoms with van der Waals surface area (Å²) >= 11 is 0. The summed E-state index contributed by atoms with van der Waals surface area (Å²) < 4.78 is 11.2. The Morgan fingerprint density at radius 2 is 1.92 bits per heavy atom. The van der Waals surface area contributed by atoms with Crippen molar-refractivity contribution >= 4 is 35.6 Å². The molecule has 1 aliphatic rings. The molecule has 0 aromatic heterocycles. The highest BCUT2D eigenvalue weighted by Crippen LogP contribution is 2.29. The summed E-state index contributed by atoms with van der Waals surface area (Å²) in [5.41, 5.74) is 6.80. The Balaban J connectivity index is 0.00000312. The van der Waals surface area contributed by atoms with Crippen LogP contribution in [0.25, 0.3) is 0 Å². The lowest BCUT2D eigenvalue weighted by molar-refractivity contribution is 0.332. The number of benzene rings is 1. The molecule has 1 fully saturated rings. The standard InChI is InChI=1S/C18H30N4O2.HI/c1-3-23-15-8-9-17(24-4-2)16(14-15)21-18(19)20-10-7-13-22-11-5-6-12-22;/h8-9,14H,3-7,10-13H2,1-2H3,(H3,19,20,21);1H. The highest BCUT2D eigenvalue weighted by molar-refractivity contribution is 14.0. The first kappa shape index (κ1) is 21.8. The molecule has 142 valence electrons. The van der Waals surface area contributed by atoms with Crippen LogP contribution >= 0.6 is 24.0 Å². The lowest BCUT2D eigenvalue weighted by Gasteiger charge is -2.14. The van der Waals surface area contributed by atoms with Gasteiger partial charge in [-0.2, -0.15) is 0 Å². The minimum atomic E-state index is 0. The number of nitrogens with two attached hydrogens (primary N) is 1. The molecule has 0 radical (unpaired) electrons. The van der Waals surface area contributed by atoms with Crippen LogP contribution in [0.2, 0.25) is 0 Å². The second-order valence-electron chi connectivity index (χ2n) is 5.82. The Labute approximate surface area is 168 Å². The van der Waals surface area contributed by atoms with Crippen molar-refractivity contribution in [2.24, 2.45) is 10.7 Å². The lowest BCUT2D eigenvalue weighted by atomic mass is 10.2.